The summed E-state index contributed by atoms with van der Waals surface area (Å²) in [6.45, 7) is 2.57. The molecule has 1 aliphatic heterocycles. The molecule has 116 valence electrons. The Morgan fingerprint density at radius 2 is 1.95 bits per heavy atom. The van der Waals surface area contributed by atoms with E-state index in [9.17, 15) is 4.79 Å². The van der Waals surface area contributed by atoms with Crippen molar-refractivity contribution < 1.29 is 9.53 Å². The van der Waals surface area contributed by atoms with Crippen molar-refractivity contribution in [2.24, 2.45) is 5.92 Å². The highest BCUT2D eigenvalue weighted by Crippen LogP contribution is 2.35. The van der Waals surface area contributed by atoms with Gasteiger partial charge in [-0.3, -0.25) is 4.79 Å². The van der Waals surface area contributed by atoms with E-state index < -0.39 is 0 Å². The van der Waals surface area contributed by atoms with Crippen molar-refractivity contribution in [2.75, 3.05) is 26.2 Å². The largest absolute Gasteiger partial charge is 0.489 e. The number of carbonyl (C=O) groups excluding carboxylic acids is 1. The summed E-state index contributed by atoms with van der Waals surface area (Å²) in [7, 11) is 0. The quantitative estimate of drug-likeness (QED) is 0.752. The zero-order chi connectivity index (χ0) is 15.2. The van der Waals surface area contributed by atoms with Crippen molar-refractivity contribution in [3.05, 3.63) is 26.7 Å². The summed E-state index contributed by atoms with van der Waals surface area (Å²) < 4.78 is 6.34. The number of ether oxygens (including phenoxy) is 1. The maximum absolute atomic E-state index is 11.9. The van der Waals surface area contributed by atoms with Crippen LogP contribution in [0.1, 0.15) is 12.8 Å². The van der Waals surface area contributed by atoms with Gasteiger partial charge in [0.2, 0.25) is 5.91 Å². The Labute approximate surface area is 142 Å². The van der Waals surface area contributed by atoms with E-state index in [4.69, 9.17) is 27.9 Å². The fourth-order valence-electron chi connectivity index (χ4n) is 2.22. The molecule has 2 rings (SSSR count). The highest BCUT2D eigenvalue weighted by atomic mass is 79.9. The lowest BCUT2D eigenvalue weighted by atomic mass is 9.97. The third-order valence-electron chi connectivity index (χ3n) is 3.32. The first-order chi connectivity index (χ1) is 10.1. The van der Waals surface area contributed by atoms with Gasteiger partial charge in [-0.15, -0.1) is 0 Å². The van der Waals surface area contributed by atoms with E-state index in [1.54, 1.807) is 12.1 Å². The van der Waals surface area contributed by atoms with Crippen LogP contribution in [0.3, 0.4) is 0 Å². The molecule has 0 bridgehead atoms. The van der Waals surface area contributed by atoms with Crippen LogP contribution in [0.25, 0.3) is 0 Å². The lowest BCUT2D eigenvalue weighted by Crippen LogP contribution is -2.39. The van der Waals surface area contributed by atoms with Gasteiger partial charge < -0.3 is 15.4 Å². The standard InChI is InChI=1S/C14H17BrCl2N2O2/c15-10-7-11(16)13(12(17)8-10)21-6-5-19-14(20)9-1-3-18-4-2-9/h7-9,18H,1-6H2,(H,19,20). The Kier molecular flexibility index (Phi) is 6.61. The maximum Gasteiger partial charge on any atom is 0.223 e. The number of hydrogen-bond acceptors (Lipinski definition) is 3. The van der Waals surface area contributed by atoms with Crippen molar-refractivity contribution in [2.45, 2.75) is 12.8 Å². The minimum Gasteiger partial charge on any atom is -0.489 e. The van der Waals surface area contributed by atoms with E-state index in [1.165, 1.54) is 0 Å². The molecule has 1 heterocycles. The number of rotatable bonds is 5. The number of halogens is 3. The number of nitrogens with one attached hydrogen (secondary N) is 2. The summed E-state index contributed by atoms with van der Waals surface area (Å²) in [6, 6.07) is 3.44. The Morgan fingerprint density at radius 3 is 2.57 bits per heavy atom. The predicted molar refractivity (Wildman–Crippen MR) is 88.3 cm³/mol. The summed E-state index contributed by atoms with van der Waals surface area (Å²) in [6.07, 6.45) is 1.77. The molecule has 1 aromatic rings. The monoisotopic (exact) mass is 394 g/mol. The van der Waals surface area contributed by atoms with Gasteiger partial charge in [-0.1, -0.05) is 39.1 Å². The van der Waals surface area contributed by atoms with E-state index in [-0.39, 0.29) is 11.8 Å². The first-order valence-corrected chi connectivity index (χ1v) is 8.38. The molecule has 1 aromatic carbocycles. The Balaban J connectivity index is 1.76. The summed E-state index contributed by atoms with van der Waals surface area (Å²) in [5.41, 5.74) is 0. The van der Waals surface area contributed by atoms with Crippen LogP contribution in [-0.2, 0) is 4.79 Å². The minimum atomic E-state index is 0.0908. The molecule has 1 fully saturated rings. The van der Waals surface area contributed by atoms with E-state index in [0.717, 1.165) is 30.4 Å². The molecule has 2 N–H and O–H groups in total. The minimum absolute atomic E-state index is 0.0908. The second kappa shape index (κ2) is 8.22. The van der Waals surface area contributed by atoms with Crippen molar-refractivity contribution in [3.63, 3.8) is 0 Å². The van der Waals surface area contributed by atoms with Crippen molar-refractivity contribution in [1.82, 2.24) is 10.6 Å². The normalized spacial score (nSPS) is 15.8. The molecule has 0 spiro atoms. The van der Waals surface area contributed by atoms with Gasteiger partial charge in [0.1, 0.15) is 6.61 Å². The SMILES string of the molecule is O=C(NCCOc1c(Cl)cc(Br)cc1Cl)C1CCNCC1. The molecular weight excluding hydrogens is 379 g/mol. The average molecular weight is 396 g/mol. The number of piperidine rings is 1. The summed E-state index contributed by atoms with van der Waals surface area (Å²) in [5.74, 6) is 0.636. The molecule has 0 aromatic heterocycles. The smallest absolute Gasteiger partial charge is 0.223 e. The number of hydrogen-bond donors (Lipinski definition) is 2. The van der Waals surface area contributed by atoms with E-state index in [2.05, 4.69) is 26.6 Å². The van der Waals surface area contributed by atoms with Crippen LogP contribution in [0.5, 0.6) is 5.75 Å². The lowest BCUT2D eigenvalue weighted by Gasteiger charge is -2.21. The van der Waals surface area contributed by atoms with Crippen molar-refractivity contribution >= 4 is 45.0 Å². The molecule has 0 atom stereocenters. The Hall–Kier alpha value is -0.490. The molecule has 7 heteroatoms. The molecular formula is C14H17BrCl2N2O2. The lowest BCUT2D eigenvalue weighted by molar-refractivity contribution is -0.125. The number of benzene rings is 1. The van der Waals surface area contributed by atoms with Gasteiger partial charge in [0, 0.05) is 10.4 Å². The molecule has 0 saturated carbocycles. The van der Waals surface area contributed by atoms with Crippen LogP contribution in [0.15, 0.2) is 16.6 Å². The van der Waals surface area contributed by atoms with Crippen LogP contribution in [0.2, 0.25) is 10.0 Å². The van der Waals surface area contributed by atoms with Gasteiger partial charge in [0.05, 0.1) is 16.6 Å². The highest BCUT2D eigenvalue weighted by molar-refractivity contribution is 9.10. The van der Waals surface area contributed by atoms with E-state index in [0.29, 0.717) is 28.9 Å². The molecule has 1 amide bonds. The van der Waals surface area contributed by atoms with E-state index >= 15 is 0 Å². The van der Waals surface area contributed by atoms with Crippen LogP contribution in [0, 0.1) is 5.92 Å². The molecule has 21 heavy (non-hydrogen) atoms. The molecule has 0 aliphatic carbocycles. The van der Waals surface area contributed by atoms with Gasteiger partial charge in [0.25, 0.3) is 0 Å². The number of carbonyl (C=O) groups is 1. The second-order valence-electron chi connectivity index (χ2n) is 4.86. The van der Waals surface area contributed by atoms with Crippen molar-refractivity contribution in [1.29, 1.82) is 0 Å². The molecule has 1 aliphatic rings. The summed E-state index contributed by atoms with van der Waals surface area (Å²) >= 11 is 15.4. The molecule has 0 unspecified atom stereocenters. The molecule has 1 saturated heterocycles. The van der Waals surface area contributed by atoms with Gasteiger partial charge in [-0.05, 0) is 38.1 Å². The van der Waals surface area contributed by atoms with Crippen molar-refractivity contribution in [3.8, 4) is 5.75 Å². The van der Waals surface area contributed by atoms with Crippen LogP contribution in [0.4, 0.5) is 0 Å². The van der Waals surface area contributed by atoms with Gasteiger partial charge >= 0.3 is 0 Å². The average Bonchev–Trinajstić information content (AvgIpc) is 2.46. The summed E-state index contributed by atoms with van der Waals surface area (Å²) in [4.78, 5) is 11.9. The van der Waals surface area contributed by atoms with Gasteiger partial charge in [0.15, 0.2) is 5.75 Å². The molecule has 0 radical (unpaired) electrons. The molecule has 4 nitrogen and oxygen atoms in total. The fourth-order valence-corrected chi connectivity index (χ4v) is 3.54. The zero-order valence-corrected chi connectivity index (χ0v) is 14.5. The predicted octanol–water partition coefficient (Wildman–Crippen LogP) is 3.25. The summed E-state index contributed by atoms with van der Waals surface area (Å²) in [5, 5.41) is 7.01. The van der Waals surface area contributed by atoms with Crippen LogP contribution >= 0.6 is 39.1 Å². The third kappa shape index (κ3) is 5.02. The highest BCUT2D eigenvalue weighted by Gasteiger charge is 2.20. The fraction of sp³-hybridized carbons (Fsp3) is 0.500. The maximum atomic E-state index is 11.9. The van der Waals surface area contributed by atoms with Gasteiger partial charge in [-0.25, -0.2) is 0 Å². The third-order valence-corrected chi connectivity index (χ3v) is 4.34. The van der Waals surface area contributed by atoms with E-state index in [1.807, 2.05) is 0 Å². The van der Waals surface area contributed by atoms with Gasteiger partial charge in [-0.2, -0.15) is 0 Å². The van der Waals surface area contributed by atoms with Crippen LogP contribution < -0.4 is 15.4 Å². The Morgan fingerprint density at radius 1 is 1.33 bits per heavy atom. The second-order valence-corrected chi connectivity index (χ2v) is 6.59. The Bertz CT molecular complexity index is 485. The number of amides is 1. The first kappa shape index (κ1) is 16.9. The first-order valence-electron chi connectivity index (χ1n) is 6.83. The topological polar surface area (TPSA) is 50.4 Å². The zero-order valence-electron chi connectivity index (χ0n) is 11.4. The van der Waals surface area contributed by atoms with Crippen LogP contribution in [-0.4, -0.2) is 32.1 Å².